The van der Waals surface area contributed by atoms with Gasteiger partial charge in [-0.15, -0.1) is 0 Å². The Morgan fingerprint density at radius 1 is 1.32 bits per heavy atom. The first-order valence-electron chi connectivity index (χ1n) is 6.74. The summed E-state index contributed by atoms with van der Waals surface area (Å²) < 4.78 is 0. The van der Waals surface area contributed by atoms with Gasteiger partial charge in [0.1, 0.15) is 11.9 Å². The summed E-state index contributed by atoms with van der Waals surface area (Å²) in [6.45, 7) is 9.63. The van der Waals surface area contributed by atoms with Crippen molar-refractivity contribution in [3.05, 3.63) is 17.8 Å². The molecule has 1 aliphatic rings. The number of anilines is 2. The molecule has 19 heavy (non-hydrogen) atoms. The highest BCUT2D eigenvalue weighted by Gasteiger charge is 2.19. The molecule has 0 aromatic carbocycles. The van der Waals surface area contributed by atoms with Crippen molar-refractivity contribution in [2.75, 3.05) is 43.4 Å². The second kappa shape index (κ2) is 5.89. The SMILES string of the molecule is CC(C)CN1CCN(c2ccc(N)c(C#N)n2)CC1. The Morgan fingerprint density at radius 3 is 2.58 bits per heavy atom. The van der Waals surface area contributed by atoms with Crippen molar-refractivity contribution in [1.82, 2.24) is 9.88 Å². The molecule has 2 heterocycles. The number of hydrogen-bond donors (Lipinski definition) is 1. The summed E-state index contributed by atoms with van der Waals surface area (Å²) in [5, 5.41) is 8.96. The molecule has 1 aromatic rings. The van der Waals surface area contributed by atoms with Crippen LogP contribution < -0.4 is 10.6 Å². The molecule has 5 heteroatoms. The van der Waals surface area contributed by atoms with Crippen LogP contribution in [0.3, 0.4) is 0 Å². The summed E-state index contributed by atoms with van der Waals surface area (Å²) >= 11 is 0. The van der Waals surface area contributed by atoms with Crippen molar-refractivity contribution in [3.63, 3.8) is 0 Å². The second-order valence-corrected chi connectivity index (χ2v) is 5.40. The van der Waals surface area contributed by atoms with E-state index in [1.807, 2.05) is 12.1 Å². The van der Waals surface area contributed by atoms with Crippen LogP contribution in [-0.2, 0) is 0 Å². The monoisotopic (exact) mass is 259 g/mol. The zero-order valence-corrected chi connectivity index (χ0v) is 11.6. The number of hydrogen-bond acceptors (Lipinski definition) is 5. The Balaban J connectivity index is 2.00. The third-order valence-corrected chi connectivity index (χ3v) is 3.34. The molecule has 102 valence electrons. The van der Waals surface area contributed by atoms with Crippen LogP contribution in [0.25, 0.3) is 0 Å². The topological polar surface area (TPSA) is 69.2 Å². The van der Waals surface area contributed by atoms with Gasteiger partial charge in [0.05, 0.1) is 5.69 Å². The van der Waals surface area contributed by atoms with Crippen LogP contribution in [0.5, 0.6) is 0 Å². The standard InChI is InChI=1S/C14H21N5/c1-11(2)10-18-5-7-19(8-6-18)14-4-3-12(16)13(9-15)17-14/h3-4,11H,5-8,10,16H2,1-2H3. The van der Waals surface area contributed by atoms with Crippen molar-refractivity contribution in [2.24, 2.45) is 5.92 Å². The van der Waals surface area contributed by atoms with E-state index in [2.05, 4.69) is 28.6 Å². The molecule has 0 bridgehead atoms. The average Bonchev–Trinajstić information content (AvgIpc) is 2.40. The summed E-state index contributed by atoms with van der Waals surface area (Å²) in [4.78, 5) is 9.02. The fourth-order valence-electron chi connectivity index (χ4n) is 2.40. The highest BCUT2D eigenvalue weighted by molar-refractivity contribution is 5.55. The lowest BCUT2D eigenvalue weighted by Gasteiger charge is -2.36. The van der Waals surface area contributed by atoms with Gasteiger partial charge in [-0.25, -0.2) is 4.98 Å². The first-order chi connectivity index (χ1) is 9.10. The lowest BCUT2D eigenvalue weighted by Crippen LogP contribution is -2.47. The van der Waals surface area contributed by atoms with Gasteiger partial charge in [-0.05, 0) is 18.1 Å². The van der Waals surface area contributed by atoms with Crippen LogP contribution in [0.2, 0.25) is 0 Å². The van der Waals surface area contributed by atoms with Gasteiger partial charge >= 0.3 is 0 Å². The Bertz CT molecular complexity index is 469. The first-order valence-corrected chi connectivity index (χ1v) is 6.74. The summed E-state index contributed by atoms with van der Waals surface area (Å²) in [6, 6.07) is 5.70. The van der Waals surface area contributed by atoms with Gasteiger partial charge < -0.3 is 10.6 Å². The van der Waals surface area contributed by atoms with E-state index in [0.29, 0.717) is 17.3 Å². The molecule has 0 aliphatic carbocycles. The molecule has 0 unspecified atom stereocenters. The van der Waals surface area contributed by atoms with Crippen molar-refractivity contribution in [2.45, 2.75) is 13.8 Å². The molecule has 1 aliphatic heterocycles. The molecule has 0 saturated carbocycles. The molecule has 1 saturated heterocycles. The Morgan fingerprint density at radius 2 is 2.00 bits per heavy atom. The molecule has 0 amide bonds. The van der Waals surface area contributed by atoms with Gasteiger partial charge in [-0.1, -0.05) is 13.8 Å². The highest BCUT2D eigenvalue weighted by atomic mass is 15.3. The fraction of sp³-hybridized carbons (Fsp3) is 0.571. The summed E-state index contributed by atoms with van der Waals surface area (Å²) in [7, 11) is 0. The van der Waals surface area contributed by atoms with E-state index in [0.717, 1.165) is 38.5 Å². The minimum atomic E-state index is 0.321. The molecule has 2 rings (SSSR count). The normalized spacial score (nSPS) is 16.6. The van der Waals surface area contributed by atoms with Gasteiger partial charge in [0.25, 0.3) is 0 Å². The van der Waals surface area contributed by atoms with E-state index in [9.17, 15) is 0 Å². The molecule has 0 radical (unpaired) electrons. The minimum absolute atomic E-state index is 0.321. The predicted octanol–water partition coefficient (Wildman–Crippen LogP) is 1.31. The van der Waals surface area contributed by atoms with Gasteiger partial charge in [0.15, 0.2) is 5.69 Å². The number of aromatic nitrogens is 1. The van der Waals surface area contributed by atoms with Crippen LogP contribution in [0.4, 0.5) is 11.5 Å². The summed E-state index contributed by atoms with van der Waals surface area (Å²) in [5.41, 5.74) is 6.46. The van der Waals surface area contributed by atoms with Crippen LogP contribution in [0.1, 0.15) is 19.5 Å². The smallest absolute Gasteiger partial charge is 0.165 e. The van der Waals surface area contributed by atoms with Crippen molar-refractivity contribution >= 4 is 11.5 Å². The Labute approximate surface area is 114 Å². The summed E-state index contributed by atoms with van der Waals surface area (Å²) in [6.07, 6.45) is 0. The third-order valence-electron chi connectivity index (χ3n) is 3.34. The van der Waals surface area contributed by atoms with Gasteiger partial charge in [-0.2, -0.15) is 5.26 Å². The maximum absolute atomic E-state index is 8.96. The molecule has 1 fully saturated rings. The van der Waals surface area contributed by atoms with Crippen LogP contribution in [0, 0.1) is 17.2 Å². The maximum Gasteiger partial charge on any atom is 0.165 e. The predicted molar refractivity (Wildman–Crippen MR) is 76.9 cm³/mol. The highest BCUT2D eigenvalue weighted by Crippen LogP contribution is 2.18. The number of nitrogens with two attached hydrogens (primary N) is 1. The molecule has 2 N–H and O–H groups in total. The third kappa shape index (κ3) is 3.36. The van der Waals surface area contributed by atoms with E-state index in [-0.39, 0.29) is 0 Å². The summed E-state index contributed by atoms with van der Waals surface area (Å²) in [5.74, 6) is 1.56. The largest absolute Gasteiger partial charge is 0.396 e. The number of piperazine rings is 1. The van der Waals surface area contributed by atoms with Gasteiger partial charge in [0.2, 0.25) is 0 Å². The molecule has 1 aromatic heterocycles. The zero-order valence-electron chi connectivity index (χ0n) is 11.6. The maximum atomic E-state index is 8.96. The minimum Gasteiger partial charge on any atom is -0.396 e. The van der Waals surface area contributed by atoms with Crippen molar-refractivity contribution < 1.29 is 0 Å². The number of nitrogen functional groups attached to an aromatic ring is 1. The molecular weight excluding hydrogens is 238 g/mol. The van der Waals surface area contributed by atoms with Crippen LogP contribution >= 0.6 is 0 Å². The van der Waals surface area contributed by atoms with E-state index in [1.54, 1.807) is 6.07 Å². The molecule has 0 atom stereocenters. The van der Waals surface area contributed by atoms with E-state index in [1.165, 1.54) is 0 Å². The van der Waals surface area contributed by atoms with Gasteiger partial charge in [-0.3, -0.25) is 4.90 Å². The number of rotatable bonds is 3. The van der Waals surface area contributed by atoms with E-state index < -0.39 is 0 Å². The van der Waals surface area contributed by atoms with E-state index >= 15 is 0 Å². The second-order valence-electron chi connectivity index (χ2n) is 5.40. The molecular formula is C14H21N5. The number of nitriles is 1. The van der Waals surface area contributed by atoms with Gasteiger partial charge in [0, 0.05) is 32.7 Å². The quantitative estimate of drug-likeness (QED) is 0.886. The molecule has 0 spiro atoms. The number of nitrogens with zero attached hydrogens (tertiary/aromatic N) is 4. The Kier molecular flexibility index (Phi) is 4.23. The van der Waals surface area contributed by atoms with Crippen molar-refractivity contribution in [1.29, 1.82) is 5.26 Å². The lowest BCUT2D eigenvalue weighted by atomic mass is 10.2. The fourth-order valence-corrected chi connectivity index (χ4v) is 2.40. The zero-order chi connectivity index (χ0) is 13.8. The average molecular weight is 259 g/mol. The van der Waals surface area contributed by atoms with Crippen LogP contribution in [0.15, 0.2) is 12.1 Å². The first kappa shape index (κ1) is 13.6. The van der Waals surface area contributed by atoms with E-state index in [4.69, 9.17) is 11.0 Å². The van der Waals surface area contributed by atoms with Crippen molar-refractivity contribution in [3.8, 4) is 6.07 Å². The molecule has 5 nitrogen and oxygen atoms in total. The number of pyridine rings is 1. The Hall–Kier alpha value is -1.80. The van der Waals surface area contributed by atoms with Crippen LogP contribution in [-0.4, -0.2) is 42.6 Å². The lowest BCUT2D eigenvalue weighted by molar-refractivity contribution is 0.231.